The highest BCUT2D eigenvalue weighted by atomic mass is 16.5. The molecule has 2 aromatic carbocycles. The van der Waals surface area contributed by atoms with Crippen LogP contribution in [0.15, 0.2) is 48.5 Å². The molecular weight excluding hydrogens is 324 g/mol. The summed E-state index contributed by atoms with van der Waals surface area (Å²) in [5, 5.41) is 9.00. The first-order valence-corrected chi connectivity index (χ1v) is 7.29. The molecule has 0 radical (unpaired) electrons. The van der Waals surface area contributed by atoms with Gasteiger partial charge in [0.2, 0.25) is 0 Å². The second-order valence-electron chi connectivity index (χ2n) is 5.00. The molecule has 0 spiro atoms. The molecule has 0 aromatic heterocycles. The summed E-state index contributed by atoms with van der Waals surface area (Å²) < 4.78 is 9.36. The molecule has 25 heavy (non-hydrogen) atoms. The SMILES string of the molecule is COC(=O)/C=C/c1c(C(=O)OC)cccc1-c1ccc(C(=O)O)cc1. The number of aromatic carboxylic acids is 1. The van der Waals surface area contributed by atoms with E-state index in [0.29, 0.717) is 16.7 Å². The van der Waals surface area contributed by atoms with E-state index in [1.807, 2.05) is 0 Å². The Labute approximate surface area is 144 Å². The molecule has 0 heterocycles. The monoisotopic (exact) mass is 340 g/mol. The van der Waals surface area contributed by atoms with Crippen molar-refractivity contribution in [2.45, 2.75) is 0 Å². The van der Waals surface area contributed by atoms with Crippen LogP contribution < -0.4 is 0 Å². The van der Waals surface area contributed by atoms with Crippen molar-refractivity contribution in [3.63, 3.8) is 0 Å². The number of hydrogen-bond acceptors (Lipinski definition) is 5. The number of esters is 2. The number of hydrogen-bond donors (Lipinski definition) is 1. The van der Waals surface area contributed by atoms with Gasteiger partial charge < -0.3 is 14.6 Å². The fourth-order valence-electron chi connectivity index (χ4n) is 2.30. The van der Waals surface area contributed by atoms with Crippen molar-refractivity contribution in [3.05, 3.63) is 65.2 Å². The number of carbonyl (C=O) groups excluding carboxylic acids is 2. The molecule has 2 aromatic rings. The van der Waals surface area contributed by atoms with Gasteiger partial charge in [-0.15, -0.1) is 0 Å². The van der Waals surface area contributed by atoms with Crippen LogP contribution in [0, 0.1) is 0 Å². The van der Waals surface area contributed by atoms with Crippen molar-refractivity contribution in [3.8, 4) is 11.1 Å². The predicted molar refractivity (Wildman–Crippen MR) is 91.2 cm³/mol. The van der Waals surface area contributed by atoms with E-state index in [1.54, 1.807) is 30.3 Å². The summed E-state index contributed by atoms with van der Waals surface area (Å²) in [5.74, 6) is -2.14. The zero-order valence-corrected chi connectivity index (χ0v) is 13.7. The normalized spacial score (nSPS) is 10.5. The molecule has 6 nitrogen and oxygen atoms in total. The number of carbonyl (C=O) groups is 3. The lowest BCUT2D eigenvalue weighted by molar-refractivity contribution is -0.134. The van der Waals surface area contributed by atoms with Crippen LogP contribution in [0.5, 0.6) is 0 Å². The van der Waals surface area contributed by atoms with Gasteiger partial charge in [0, 0.05) is 6.08 Å². The maximum absolute atomic E-state index is 12.0. The van der Waals surface area contributed by atoms with Crippen molar-refractivity contribution in [1.82, 2.24) is 0 Å². The minimum absolute atomic E-state index is 0.152. The molecule has 0 aliphatic heterocycles. The van der Waals surface area contributed by atoms with Crippen molar-refractivity contribution in [2.75, 3.05) is 14.2 Å². The Hall–Kier alpha value is -3.41. The minimum atomic E-state index is -1.03. The Morgan fingerprint density at radius 3 is 2.20 bits per heavy atom. The summed E-state index contributed by atoms with van der Waals surface area (Å²) in [4.78, 5) is 34.4. The lowest BCUT2D eigenvalue weighted by Crippen LogP contribution is -2.05. The van der Waals surface area contributed by atoms with Gasteiger partial charge in [0.25, 0.3) is 0 Å². The van der Waals surface area contributed by atoms with Gasteiger partial charge in [-0.2, -0.15) is 0 Å². The molecule has 2 rings (SSSR count). The summed E-state index contributed by atoms with van der Waals surface area (Å²) in [6.07, 6.45) is 2.68. The van der Waals surface area contributed by atoms with Crippen LogP contribution in [0.2, 0.25) is 0 Å². The first-order valence-electron chi connectivity index (χ1n) is 7.29. The van der Waals surface area contributed by atoms with E-state index in [4.69, 9.17) is 9.84 Å². The van der Waals surface area contributed by atoms with Crippen molar-refractivity contribution in [1.29, 1.82) is 0 Å². The third-order valence-electron chi connectivity index (χ3n) is 3.54. The summed E-state index contributed by atoms with van der Waals surface area (Å²) >= 11 is 0. The molecule has 0 atom stereocenters. The van der Waals surface area contributed by atoms with E-state index in [9.17, 15) is 14.4 Å². The fraction of sp³-hybridized carbons (Fsp3) is 0.105. The predicted octanol–water partition coefficient (Wildman–Crippen LogP) is 3.02. The zero-order chi connectivity index (χ0) is 18.4. The lowest BCUT2D eigenvalue weighted by atomic mass is 9.94. The molecule has 0 amide bonds. The van der Waals surface area contributed by atoms with E-state index in [0.717, 1.165) is 0 Å². The van der Waals surface area contributed by atoms with Crippen LogP contribution in [0.25, 0.3) is 17.2 Å². The summed E-state index contributed by atoms with van der Waals surface area (Å²) in [6.45, 7) is 0. The van der Waals surface area contributed by atoms with Crippen molar-refractivity contribution >= 4 is 24.0 Å². The highest BCUT2D eigenvalue weighted by molar-refractivity contribution is 5.99. The van der Waals surface area contributed by atoms with E-state index in [1.165, 1.54) is 38.5 Å². The maximum Gasteiger partial charge on any atom is 0.338 e. The number of rotatable bonds is 5. The van der Waals surface area contributed by atoms with Gasteiger partial charge in [0.05, 0.1) is 25.3 Å². The molecule has 1 N–H and O–H groups in total. The number of methoxy groups -OCH3 is 2. The van der Waals surface area contributed by atoms with Crippen LogP contribution in [0.3, 0.4) is 0 Å². The quantitative estimate of drug-likeness (QED) is 0.665. The second-order valence-corrected chi connectivity index (χ2v) is 5.00. The fourth-order valence-corrected chi connectivity index (χ4v) is 2.30. The Balaban J connectivity index is 2.59. The highest BCUT2D eigenvalue weighted by Gasteiger charge is 2.15. The molecule has 0 bridgehead atoms. The third-order valence-corrected chi connectivity index (χ3v) is 3.54. The Morgan fingerprint density at radius 1 is 0.960 bits per heavy atom. The van der Waals surface area contributed by atoms with Gasteiger partial charge >= 0.3 is 17.9 Å². The lowest BCUT2D eigenvalue weighted by Gasteiger charge is -2.11. The third kappa shape index (κ3) is 4.11. The second kappa shape index (κ2) is 7.92. The van der Waals surface area contributed by atoms with E-state index < -0.39 is 17.9 Å². The largest absolute Gasteiger partial charge is 0.478 e. The molecule has 0 aliphatic carbocycles. The first kappa shape index (κ1) is 17.9. The van der Waals surface area contributed by atoms with E-state index in [2.05, 4.69) is 4.74 Å². The standard InChI is InChI=1S/C19H16O6/c1-24-17(20)11-10-15-14(4-3-5-16(15)19(23)25-2)12-6-8-13(9-7-12)18(21)22/h3-11H,1-2H3,(H,21,22)/b11-10+. The Bertz CT molecular complexity index is 833. The highest BCUT2D eigenvalue weighted by Crippen LogP contribution is 2.28. The number of carboxylic acids is 1. The summed E-state index contributed by atoms with van der Waals surface area (Å²) in [6, 6.07) is 11.2. The van der Waals surface area contributed by atoms with Crippen molar-refractivity contribution in [2.24, 2.45) is 0 Å². The van der Waals surface area contributed by atoms with Crippen LogP contribution >= 0.6 is 0 Å². The first-order chi connectivity index (χ1) is 12.0. The maximum atomic E-state index is 12.0. The summed E-state index contributed by atoms with van der Waals surface area (Å²) in [7, 11) is 2.52. The molecular formula is C19H16O6. The van der Waals surface area contributed by atoms with Crippen molar-refractivity contribution < 1.29 is 29.0 Å². The van der Waals surface area contributed by atoms with Gasteiger partial charge in [-0.25, -0.2) is 14.4 Å². The van der Waals surface area contributed by atoms with Gasteiger partial charge in [-0.1, -0.05) is 24.3 Å². The van der Waals surface area contributed by atoms with Gasteiger partial charge in [0.15, 0.2) is 0 Å². The summed E-state index contributed by atoms with van der Waals surface area (Å²) in [5.41, 5.74) is 2.25. The Kier molecular flexibility index (Phi) is 5.68. The van der Waals surface area contributed by atoms with Gasteiger partial charge in [0.1, 0.15) is 0 Å². The van der Waals surface area contributed by atoms with E-state index >= 15 is 0 Å². The molecule has 6 heteroatoms. The van der Waals surface area contributed by atoms with E-state index in [-0.39, 0.29) is 11.1 Å². The molecule has 0 saturated carbocycles. The van der Waals surface area contributed by atoms with Crippen LogP contribution in [-0.4, -0.2) is 37.2 Å². The van der Waals surface area contributed by atoms with Crippen LogP contribution in [0.4, 0.5) is 0 Å². The molecule has 0 unspecified atom stereocenters. The van der Waals surface area contributed by atoms with Crippen LogP contribution in [0.1, 0.15) is 26.3 Å². The molecule has 0 saturated heterocycles. The van der Waals surface area contributed by atoms with Gasteiger partial charge in [-0.3, -0.25) is 0 Å². The number of ether oxygens (including phenoxy) is 2. The average Bonchev–Trinajstić information content (AvgIpc) is 2.65. The molecule has 128 valence electrons. The smallest absolute Gasteiger partial charge is 0.338 e. The Morgan fingerprint density at radius 2 is 1.64 bits per heavy atom. The minimum Gasteiger partial charge on any atom is -0.478 e. The molecule has 0 aliphatic rings. The molecule has 0 fully saturated rings. The van der Waals surface area contributed by atoms with Crippen LogP contribution in [-0.2, 0) is 14.3 Å². The zero-order valence-electron chi connectivity index (χ0n) is 13.7. The average molecular weight is 340 g/mol. The number of benzene rings is 2. The van der Waals surface area contributed by atoms with Gasteiger partial charge in [-0.05, 0) is 41.0 Å². The topological polar surface area (TPSA) is 89.9 Å². The number of carboxylic acid groups (broad SMARTS) is 1.